The first-order valence-electron chi connectivity index (χ1n) is 7.20. The van der Waals surface area contributed by atoms with Gasteiger partial charge < -0.3 is 10.3 Å². The molecular formula is C14H25N3O. The molecule has 4 nitrogen and oxygen atoms in total. The Labute approximate surface area is 109 Å². The predicted octanol–water partition coefficient (Wildman–Crippen LogP) is 3.20. The van der Waals surface area contributed by atoms with Crippen LogP contribution in [0.25, 0.3) is 0 Å². The number of nitrogens with zero attached hydrogens (tertiary/aromatic N) is 2. The lowest BCUT2D eigenvalue weighted by molar-refractivity contribution is 0.310. The van der Waals surface area contributed by atoms with Gasteiger partial charge in [-0.15, -0.1) is 0 Å². The van der Waals surface area contributed by atoms with Gasteiger partial charge >= 0.3 is 0 Å². The minimum Gasteiger partial charge on any atom is -0.339 e. The quantitative estimate of drug-likeness (QED) is 0.892. The number of hydrogen-bond acceptors (Lipinski definition) is 4. The molecule has 0 aliphatic heterocycles. The zero-order valence-corrected chi connectivity index (χ0v) is 11.7. The number of hydrogen-bond donors (Lipinski definition) is 1. The van der Waals surface area contributed by atoms with Crippen LogP contribution in [0.2, 0.25) is 0 Å². The molecule has 1 fully saturated rings. The number of nitrogens with two attached hydrogens (primary N) is 1. The molecule has 1 saturated carbocycles. The SMILES string of the molecule is CCC(c1nc(C2CCCC(C)C2)no1)C(C)N. The van der Waals surface area contributed by atoms with Crippen LogP contribution in [0.1, 0.15) is 76.4 Å². The average molecular weight is 251 g/mol. The van der Waals surface area contributed by atoms with Gasteiger partial charge in [-0.1, -0.05) is 31.8 Å². The van der Waals surface area contributed by atoms with Gasteiger partial charge in [0.05, 0.1) is 5.92 Å². The maximum absolute atomic E-state index is 5.96. The van der Waals surface area contributed by atoms with Crippen molar-refractivity contribution < 1.29 is 4.52 Å². The van der Waals surface area contributed by atoms with E-state index < -0.39 is 0 Å². The fraction of sp³-hybridized carbons (Fsp3) is 0.857. The van der Waals surface area contributed by atoms with Crippen LogP contribution in [-0.2, 0) is 0 Å². The normalized spacial score (nSPS) is 28.0. The van der Waals surface area contributed by atoms with Crippen LogP contribution >= 0.6 is 0 Å². The van der Waals surface area contributed by atoms with Crippen LogP contribution in [0.4, 0.5) is 0 Å². The number of aromatic nitrogens is 2. The van der Waals surface area contributed by atoms with Gasteiger partial charge in [-0.3, -0.25) is 0 Å². The third-order valence-electron chi connectivity index (χ3n) is 4.15. The summed E-state index contributed by atoms with van der Waals surface area (Å²) in [6.07, 6.45) is 5.94. The Morgan fingerprint density at radius 1 is 1.44 bits per heavy atom. The molecule has 2 rings (SSSR count). The van der Waals surface area contributed by atoms with E-state index in [1.54, 1.807) is 0 Å². The summed E-state index contributed by atoms with van der Waals surface area (Å²) in [7, 11) is 0. The van der Waals surface area contributed by atoms with E-state index in [-0.39, 0.29) is 12.0 Å². The summed E-state index contributed by atoms with van der Waals surface area (Å²) in [6.45, 7) is 6.42. The molecule has 1 aromatic rings. The lowest BCUT2D eigenvalue weighted by Crippen LogP contribution is -2.24. The minimum atomic E-state index is 0.0635. The molecular weight excluding hydrogens is 226 g/mol. The first-order valence-corrected chi connectivity index (χ1v) is 7.20. The molecule has 4 atom stereocenters. The summed E-state index contributed by atoms with van der Waals surface area (Å²) in [6, 6.07) is 0.0635. The Morgan fingerprint density at radius 2 is 2.22 bits per heavy atom. The molecule has 0 bridgehead atoms. The molecule has 102 valence electrons. The molecule has 4 unspecified atom stereocenters. The minimum absolute atomic E-state index is 0.0635. The maximum Gasteiger partial charge on any atom is 0.231 e. The van der Waals surface area contributed by atoms with E-state index in [0.717, 1.165) is 24.1 Å². The van der Waals surface area contributed by atoms with Gasteiger partial charge in [0.2, 0.25) is 5.89 Å². The van der Waals surface area contributed by atoms with Crippen molar-refractivity contribution in [2.24, 2.45) is 11.7 Å². The Kier molecular flexibility index (Phi) is 4.38. The predicted molar refractivity (Wildman–Crippen MR) is 71.4 cm³/mol. The summed E-state index contributed by atoms with van der Waals surface area (Å²) in [4.78, 5) is 4.60. The summed E-state index contributed by atoms with van der Waals surface area (Å²) < 4.78 is 5.43. The van der Waals surface area contributed by atoms with E-state index in [2.05, 4.69) is 24.0 Å². The van der Waals surface area contributed by atoms with E-state index in [9.17, 15) is 0 Å². The second kappa shape index (κ2) is 5.83. The van der Waals surface area contributed by atoms with Crippen molar-refractivity contribution in [3.8, 4) is 0 Å². The van der Waals surface area contributed by atoms with Crippen molar-refractivity contribution in [3.63, 3.8) is 0 Å². The van der Waals surface area contributed by atoms with E-state index in [1.165, 1.54) is 25.7 Å². The molecule has 1 heterocycles. The fourth-order valence-electron chi connectivity index (χ4n) is 3.00. The summed E-state index contributed by atoms with van der Waals surface area (Å²) >= 11 is 0. The highest BCUT2D eigenvalue weighted by atomic mass is 16.5. The van der Waals surface area contributed by atoms with Crippen molar-refractivity contribution in [1.29, 1.82) is 0 Å². The molecule has 0 saturated heterocycles. The molecule has 0 radical (unpaired) electrons. The van der Waals surface area contributed by atoms with Crippen LogP contribution in [0.15, 0.2) is 4.52 Å². The highest BCUT2D eigenvalue weighted by molar-refractivity contribution is 5.02. The topological polar surface area (TPSA) is 64.9 Å². The molecule has 1 aliphatic carbocycles. The van der Waals surface area contributed by atoms with E-state index >= 15 is 0 Å². The molecule has 4 heteroatoms. The molecule has 1 aliphatic rings. The molecule has 0 aromatic carbocycles. The van der Waals surface area contributed by atoms with Gasteiger partial charge in [-0.2, -0.15) is 4.98 Å². The van der Waals surface area contributed by atoms with Gasteiger partial charge in [0.15, 0.2) is 5.82 Å². The summed E-state index contributed by atoms with van der Waals surface area (Å²) in [5.41, 5.74) is 5.96. The Hall–Kier alpha value is -0.900. The largest absolute Gasteiger partial charge is 0.339 e. The van der Waals surface area contributed by atoms with Crippen molar-refractivity contribution in [2.45, 2.75) is 70.8 Å². The van der Waals surface area contributed by atoms with Crippen molar-refractivity contribution in [3.05, 3.63) is 11.7 Å². The first kappa shape index (κ1) is 13.5. The fourth-order valence-corrected chi connectivity index (χ4v) is 3.00. The molecule has 0 spiro atoms. The van der Waals surface area contributed by atoms with E-state index in [4.69, 9.17) is 10.3 Å². The van der Waals surface area contributed by atoms with Crippen molar-refractivity contribution >= 4 is 0 Å². The summed E-state index contributed by atoms with van der Waals surface area (Å²) in [5.74, 6) is 3.07. The van der Waals surface area contributed by atoms with Gasteiger partial charge in [-0.05, 0) is 32.1 Å². The lowest BCUT2D eigenvalue weighted by atomic mass is 9.82. The van der Waals surface area contributed by atoms with Gasteiger partial charge in [-0.25, -0.2) is 0 Å². The zero-order valence-electron chi connectivity index (χ0n) is 11.7. The lowest BCUT2D eigenvalue weighted by Gasteiger charge is -2.23. The van der Waals surface area contributed by atoms with Gasteiger partial charge in [0.1, 0.15) is 0 Å². The third-order valence-corrected chi connectivity index (χ3v) is 4.15. The van der Waals surface area contributed by atoms with Crippen molar-refractivity contribution in [1.82, 2.24) is 10.1 Å². The average Bonchev–Trinajstić information content (AvgIpc) is 2.79. The first-order chi connectivity index (χ1) is 8.61. The smallest absolute Gasteiger partial charge is 0.231 e. The monoisotopic (exact) mass is 251 g/mol. The maximum atomic E-state index is 5.96. The van der Waals surface area contributed by atoms with Crippen molar-refractivity contribution in [2.75, 3.05) is 0 Å². The molecule has 2 N–H and O–H groups in total. The highest BCUT2D eigenvalue weighted by Gasteiger charge is 2.27. The third kappa shape index (κ3) is 2.91. The van der Waals surface area contributed by atoms with Gasteiger partial charge in [0.25, 0.3) is 0 Å². The Morgan fingerprint density at radius 3 is 2.83 bits per heavy atom. The second-order valence-electron chi connectivity index (χ2n) is 5.83. The van der Waals surface area contributed by atoms with Gasteiger partial charge in [0, 0.05) is 12.0 Å². The Bertz CT molecular complexity index is 375. The Balaban J connectivity index is 2.09. The molecule has 1 aromatic heterocycles. The van der Waals surface area contributed by atoms with Crippen LogP contribution in [0.5, 0.6) is 0 Å². The van der Waals surface area contributed by atoms with E-state index in [1.807, 2.05) is 6.92 Å². The van der Waals surface area contributed by atoms with Crippen LogP contribution in [0.3, 0.4) is 0 Å². The molecule has 0 amide bonds. The van der Waals surface area contributed by atoms with Crippen LogP contribution < -0.4 is 5.73 Å². The zero-order chi connectivity index (χ0) is 13.1. The summed E-state index contributed by atoms with van der Waals surface area (Å²) in [5, 5.41) is 4.18. The number of rotatable bonds is 4. The second-order valence-corrected chi connectivity index (χ2v) is 5.83. The van der Waals surface area contributed by atoms with Crippen LogP contribution in [0, 0.1) is 5.92 Å². The van der Waals surface area contributed by atoms with E-state index in [0.29, 0.717) is 5.92 Å². The highest BCUT2D eigenvalue weighted by Crippen LogP contribution is 2.35. The standard InChI is InChI=1S/C14H25N3O/c1-4-12(10(3)15)14-16-13(17-18-14)11-7-5-6-9(2)8-11/h9-12H,4-8,15H2,1-3H3. The molecule has 18 heavy (non-hydrogen) atoms. The van der Waals surface area contributed by atoms with Crippen LogP contribution in [-0.4, -0.2) is 16.2 Å².